The maximum atomic E-state index is 13.7. The first-order chi connectivity index (χ1) is 8.63. The van der Waals surface area contributed by atoms with Crippen LogP contribution in [0.2, 0.25) is 0 Å². The minimum atomic E-state index is -0.872. The Morgan fingerprint density at radius 1 is 1.39 bits per heavy atom. The first-order valence-corrected chi connectivity index (χ1v) is 6.14. The van der Waals surface area contributed by atoms with E-state index in [2.05, 4.69) is 5.32 Å². The number of halogens is 2. The maximum Gasteiger partial charge on any atom is 0.163 e. The fraction of sp³-hybridized carbons (Fsp3) is 0.538. The maximum absolute atomic E-state index is 13.7. The van der Waals surface area contributed by atoms with Crippen molar-refractivity contribution in [2.75, 3.05) is 13.2 Å². The van der Waals surface area contributed by atoms with Crippen LogP contribution in [0.1, 0.15) is 31.4 Å². The molecule has 102 valence electrons. The quantitative estimate of drug-likeness (QED) is 0.698. The second-order valence-corrected chi connectivity index (χ2v) is 4.22. The van der Waals surface area contributed by atoms with E-state index < -0.39 is 17.7 Å². The highest BCUT2D eigenvalue weighted by Crippen LogP contribution is 2.19. The number of nitrogens with two attached hydrogens (primary N) is 1. The molecule has 0 saturated carbocycles. The van der Waals surface area contributed by atoms with Gasteiger partial charge in [-0.15, -0.1) is 0 Å². The van der Waals surface area contributed by atoms with E-state index in [-0.39, 0.29) is 24.8 Å². The highest BCUT2D eigenvalue weighted by atomic mass is 19.2. The molecule has 0 bridgehead atoms. The average molecular weight is 258 g/mol. The monoisotopic (exact) mass is 258 g/mol. The van der Waals surface area contributed by atoms with Gasteiger partial charge in [0.25, 0.3) is 0 Å². The Morgan fingerprint density at radius 2 is 2.11 bits per heavy atom. The van der Waals surface area contributed by atoms with Crippen molar-refractivity contribution in [3.8, 4) is 0 Å². The van der Waals surface area contributed by atoms with Gasteiger partial charge in [0, 0.05) is 30.8 Å². The Kier molecular flexibility index (Phi) is 6.18. The van der Waals surface area contributed by atoms with Crippen LogP contribution in [0.25, 0.3) is 0 Å². The summed E-state index contributed by atoms with van der Waals surface area (Å²) in [5.41, 5.74) is 5.84. The summed E-state index contributed by atoms with van der Waals surface area (Å²) in [5.74, 6) is -1.73. The molecule has 0 radical (unpaired) electrons. The van der Waals surface area contributed by atoms with E-state index in [4.69, 9.17) is 10.8 Å². The third-order valence-corrected chi connectivity index (χ3v) is 3.00. The molecule has 0 heterocycles. The van der Waals surface area contributed by atoms with Crippen LogP contribution in [0.15, 0.2) is 18.2 Å². The topological polar surface area (TPSA) is 58.3 Å². The third kappa shape index (κ3) is 3.73. The van der Waals surface area contributed by atoms with E-state index in [0.717, 1.165) is 12.5 Å². The Morgan fingerprint density at radius 3 is 2.67 bits per heavy atom. The summed E-state index contributed by atoms with van der Waals surface area (Å²) < 4.78 is 26.8. The van der Waals surface area contributed by atoms with Gasteiger partial charge < -0.3 is 16.2 Å². The molecule has 0 fully saturated rings. The molecular formula is C13H20F2N2O. The first kappa shape index (κ1) is 15.0. The normalized spacial score (nSPS) is 14.5. The zero-order valence-electron chi connectivity index (χ0n) is 10.5. The number of aliphatic hydroxyl groups excluding tert-OH is 1. The Hall–Kier alpha value is -1.04. The van der Waals surface area contributed by atoms with Crippen LogP contribution < -0.4 is 11.1 Å². The Balaban J connectivity index is 2.85. The minimum Gasteiger partial charge on any atom is -0.396 e. The molecule has 0 aliphatic rings. The van der Waals surface area contributed by atoms with Crippen molar-refractivity contribution < 1.29 is 13.9 Å². The Labute approximate surface area is 106 Å². The number of aliphatic hydroxyl groups is 1. The van der Waals surface area contributed by atoms with Gasteiger partial charge in [-0.25, -0.2) is 8.78 Å². The summed E-state index contributed by atoms with van der Waals surface area (Å²) >= 11 is 0. The van der Waals surface area contributed by atoms with Crippen LogP contribution in [-0.4, -0.2) is 24.3 Å². The van der Waals surface area contributed by atoms with Crippen LogP contribution in [0.5, 0.6) is 0 Å². The van der Waals surface area contributed by atoms with Crippen LogP contribution in [0.3, 0.4) is 0 Å². The zero-order valence-corrected chi connectivity index (χ0v) is 10.5. The molecule has 0 aromatic heterocycles. The van der Waals surface area contributed by atoms with Gasteiger partial charge in [0.2, 0.25) is 0 Å². The lowest BCUT2D eigenvalue weighted by Gasteiger charge is -2.24. The summed E-state index contributed by atoms with van der Waals surface area (Å²) in [6, 6.07) is 3.65. The average Bonchev–Trinajstić information content (AvgIpc) is 2.38. The highest BCUT2D eigenvalue weighted by molar-refractivity contribution is 5.23. The van der Waals surface area contributed by atoms with Crippen molar-refractivity contribution in [2.24, 2.45) is 5.73 Å². The summed E-state index contributed by atoms with van der Waals surface area (Å²) in [6.07, 6.45) is 1.35. The van der Waals surface area contributed by atoms with Crippen molar-refractivity contribution >= 4 is 0 Å². The molecule has 0 saturated heterocycles. The molecule has 0 spiro atoms. The first-order valence-electron chi connectivity index (χ1n) is 6.14. The number of benzene rings is 1. The van der Waals surface area contributed by atoms with E-state index in [0.29, 0.717) is 6.42 Å². The molecule has 0 amide bonds. The summed E-state index contributed by atoms with van der Waals surface area (Å²) in [7, 11) is 0. The van der Waals surface area contributed by atoms with Crippen molar-refractivity contribution in [3.05, 3.63) is 35.4 Å². The molecule has 5 heteroatoms. The molecule has 18 heavy (non-hydrogen) atoms. The summed E-state index contributed by atoms with van der Waals surface area (Å²) in [5, 5.41) is 12.1. The number of hydrogen-bond acceptors (Lipinski definition) is 3. The van der Waals surface area contributed by atoms with Gasteiger partial charge >= 0.3 is 0 Å². The molecule has 4 N–H and O–H groups in total. The number of rotatable bonds is 7. The molecule has 1 aromatic carbocycles. The van der Waals surface area contributed by atoms with E-state index in [9.17, 15) is 8.78 Å². The third-order valence-electron chi connectivity index (χ3n) is 3.00. The van der Waals surface area contributed by atoms with Gasteiger partial charge in [0.05, 0.1) is 0 Å². The second kappa shape index (κ2) is 7.41. The van der Waals surface area contributed by atoms with Gasteiger partial charge in [0.1, 0.15) is 0 Å². The lowest BCUT2D eigenvalue weighted by atomic mass is 10.0. The summed E-state index contributed by atoms with van der Waals surface area (Å²) in [6.45, 7) is 2.18. The highest BCUT2D eigenvalue weighted by Gasteiger charge is 2.19. The number of nitrogens with one attached hydrogen (secondary N) is 1. The molecule has 0 aliphatic heterocycles. The van der Waals surface area contributed by atoms with E-state index in [1.807, 2.05) is 6.92 Å². The van der Waals surface area contributed by atoms with Gasteiger partial charge in [-0.2, -0.15) is 0 Å². The van der Waals surface area contributed by atoms with Crippen molar-refractivity contribution in [2.45, 2.75) is 31.8 Å². The van der Waals surface area contributed by atoms with Crippen molar-refractivity contribution in [3.63, 3.8) is 0 Å². The SMILES string of the molecule is CCC(CCO)NC(CN)c1cccc(F)c1F. The molecule has 1 aromatic rings. The lowest BCUT2D eigenvalue weighted by Crippen LogP contribution is -2.37. The molecular weight excluding hydrogens is 238 g/mol. The fourth-order valence-corrected chi connectivity index (χ4v) is 1.92. The van der Waals surface area contributed by atoms with Crippen molar-refractivity contribution in [1.29, 1.82) is 0 Å². The summed E-state index contributed by atoms with van der Waals surface area (Å²) in [4.78, 5) is 0. The van der Waals surface area contributed by atoms with Crippen LogP contribution in [0, 0.1) is 11.6 Å². The molecule has 0 aliphatic carbocycles. The molecule has 1 rings (SSSR count). The largest absolute Gasteiger partial charge is 0.396 e. The standard InChI is InChI=1S/C13H20F2N2O/c1-2-9(6-7-18)17-12(8-16)10-4-3-5-11(14)13(10)15/h3-5,9,12,17-18H,2,6-8,16H2,1H3. The second-order valence-electron chi connectivity index (χ2n) is 4.22. The lowest BCUT2D eigenvalue weighted by molar-refractivity contribution is 0.255. The predicted octanol–water partition coefficient (Wildman–Crippen LogP) is 1.72. The van der Waals surface area contributed by atoms with Crippen LogP contribution in [0.4, 0.5) is 8.78 Å². The molecule has 2 unspecified atom stereocenters. The van der Waals surface area contributed by atoms with Gasteiger partial charge in [-0.3, -0.25) is 0 Å². The van der Waals surface area contributed by atoms with E-state index in [1.165, 1.54) is 12.1 Å². The van der Waals surface area contributed by atoms with Crippen LogP contribution >= 0.6 is 0 Å². The molecule has 3 nitrogen and oxygen atoms in total. The molecule has 2 atom stereocenters. The number of hydrogen-bond donors (Lipinski definition) is 3. The smallest absolute Gasteiger partial charge is 0.163 e. The fourth-order valence-electron chi connectivity index (χ4n) is 1.92. The van der Waals surface area contributed by atoms with Crippen LogP contribution in [-0.2, 0) is 0 Å². The van der Waals surface area contributed by atoms with Gasteiger partial charge in [0.15, 0.2) is 11.6 Å². The van der Waals surface area contributed by atoms with Crippen molar-refractivity contribution in [1.82, 2.24) is 5.32 Å². The van der Waals surface area contributed by atoms with Gasteiger partial charge in [-0.05, 0) is 18.9 Å². The predicted molar refractivity (Wildman–Crippen MR) is 67.1 cm³/mol. The van der Waals surface area contributed by atoms with Gasteiger partial charge in [-0.1, -0.05) is 19.1 Å². The zero-order chi connectivity index (χ0) is 13.5. The Bertz CT molecular complexity index is 374. The van der Waals surface area contributed by atoms with E-state index in [1.54, 1.807) is 0 Å². The minimum absolute atomic E-state index is 0.0335. The van der Waals surface area contributed by atoms with E-state index >= 15 is 0 Å².